The minimum absolute atomic E-state index is 0.0288. The molecule has 7 rings (SSSR count). The lowest BCUT2D eigenvalue weighted by Crippen LogP contribution is -2.03. The Kier molecular flexibility index (Phi) is 7.86. The quantitative estimate of drug-likeness (QED) is 0.217. The molecule has 2 heterocycles. The lowest BCUT2D eigenvalue weighted by atomic mass is 10.1. The van der Waals surface area contributed by atoms with Gasteiger partial charge < -0.3 is 21.9 Å². The molecule has 1 N–H and O–H groups in total. The van der Waals surface area contributed by atoms with Gasteiger partial charge in [-0.1, -0.05) is 95.2 Å². The second kappa shape index (κ2) is 11.9. The zero-order chi connectivity index (χ0) is 28.2. The van der Waals surface area contributed by atoms with Crippen LogP contribution in [-0.4, -0.2) is 17.6 Å². The molecule has 0 radical (unpaired) electrons. The SMILES string of the molecule is CS(C)(Op1oc2ccccc2c2ccccc2o1)c1ccccc1O.c1ccc2c(c1)o[pH]oc1ccccc12. The standard InChI is InChI=1S/C20H19O4PS.C12H9O2P/c1-26(2,20-14-8-5-11-17(20)21)24-25-22-18-12-6-3-9-15(18)16-10-4-7-13-19(16)23-25;1-3-7-11-9(5-1)10-6-2-4-8-12(10)14-15-13-11/h3-14,21H,1-2H3;1-8,15H. The van der Waals surface area contributed by atoms with Gasteiger partial charge in [0.15, 0.2) is 0 Å². The third kappa shape index (κ3) is 5.90. The van der Waals surface area contributed by atoms with E-state index in [9.17, 15) is 5.11 Å². The predicted molar refractivity (Wildman–Crippen MR) is 172 cm³/mol. The summed E-state index contributed by atoms with van der Waals surface area (Å²) in [5, 5.41) is 14.4. The van der Waals surface area contributed by atoms with Crippen LogP contribution in [0.4, 0.5) is 0 Å². The Morgan fingerprint density at radius 1 is 0.561 bits per heavy atom. The van der Waals surface area contributed by atoms with Gasteiger partial charge in [0.05, 0.1) is 4.90 Å². The number of phenolic OH excluding ortho intramolecular Hbond substituents is 1. The van der Waals surface area contributed by atoms with Crippen LogP contribution in [-0.2, 0) is 0 Å². The molecule has 0 saturated heterocycles. The van der Waals surface area contributed by atoms with Crippen molar-refractivity contribution in [2.24, 2.45) is 0 Å². The fourth-order valence-corrected chi connectivity index (χ4v) is 8.49. The molecule has 0 amide bonds. The van der Waals surface area contributed by atoms with Gasteiger partial charge in [-0.25, -0.2) is 3.97 Å². The van der Waals surface area contributed by atoms with Crippen molar-refractivity contribution in [2.45, 2.75) is 4.90 Å². The van der Waals surface area contributed by atoms with E-state index >= 15 is 0 Å². The van der Waals surface area contributed by atoms with Crippen molar-refractivity contribution in [2.75, 3.05) is 12.5 Å². The molecular weight excluding hydrogens is 574 g/mol. The second-order valence-electron chi connectivity index (χ2n) is 9.45. The minimum atomic E-state index is -1.78. The van der Waals surface area contributed by atoms with Gasteiger partial charge in [0, 0.05) is 21.5 Å². The summed E-state index contributed by atoms with van der Waals surface area (Å²) in [6, 6.07) is 38.9. The third-order valence-corrected chi connectivity index (χ3v) is 11.1. The summed E-state index contributed by atoms with van der Waals surface area (Å²) in [7, 11) is -3.42. The number of fused-ring (bicyclic) bond motifs is 6. The summed E-state index contributed by atoms with van der Waals surface area (Å²) >= 11 is 0. The van der Waals surface area contributed by atoms with Crippen molar-refractivity contribution in [3.05, 3.63) is 121 Å². The number of hydrogen-bond donors (Lipinski definition) is 1. The van der Waals surface area contributed by atoms with Gasteiger partial charge in [-0.3, -0.25) is 0 Å². The predicted octanol–water partition coefficient (Wildman–Crippen LogP) is 10.8. The summed E-state index contributed by atoms with van der Waals surface area (Å²) < 4.78 is 29.5. The highest BCUT2D eigenvalue weighted by Gasteiger charge is 2.23. The zero-order valence-electron chi connectivity index (χ0n) is 22.4. The molecule has 0 saturated carbocycles. The zero-order valence-corrected chi connectivity index (χ0v) is 25.1. The van der Waals surface area contributed by atoms with E-state index in [-0.39, 0.29) is 14.4 Å². The maximum absolute atomic E-state index is 10.2. The molecule has 0 unspecified atom stereocenters. The van der Waals surface area contributed by atoms with Gasteiger partial charge in [0.25, 0.3) is 0 Å². The summed E-state index contributed by atoms with van der Waals surface area (Å²) in [5.41, 5.74) is 3.24. The summed E-state index contributed by atoms with van der Waals surface area (Å²) in [6.07, 6.45) is 3.94. The molecule has 0 spiro atoms. The van der Waals surface area contributed by atoms with Gasteiger partial charge in [0.2, 0.25) is 8.67 Å². The van der Waals surface area contributed by atoms with Crippen LogP contribution in [0.5, 0.6) is 5.75 Å². The van der Waals surface area contributed by atoms with Gasteiger partial charge in [-0.15, -0.1) is 0 Å². The molecule has 0 aliphatic carbocycles. The van der Waals surface area contributed by atoms with Gasteiger partial charge >= 0.3 is 8.24 Å². The Hall–Kier alpha value is -3.99. The number of aromatic hydroxyl groups is 1. The van der Waals surface area contributed by atoms with Crippen LogP contribution in [0.25, 0.3) is 43.9 Å². The van der Waals surface area contributed by atoms with Crippen molar-refractivity contribution >= 4 is 71.1 Å². The van der Waals surface area contributed by atoms with E-state index in [1.165, 1.54) is 0 Å². The van der Waals surface area contributed by atoms with E-state index in [4.69, 9.17) is 20.8 Å². The third-order valence-electron chi connectivity index (χ3n) is 6.42. The average Bonchev–Trinajstić information content (AvgIpc) is 3.27. The molecular formula is C32H28O6P2S. The second-order valence-corrected chi connectivity index (χ2v) is 14.3. The van der Waals surface area contributed by atoms with Crippen LogP contribution in [0.3, 0.4) is 0 Å². The number of rotatable bonds is 3. The molecule has 41 heavy (non-hydrogen) atoms. The van der Waals surface area contributed by atoms with E-state index in [1.807, 2.05) is 122 Å². The lowest BCUT2D eigenvalue weighted by molar-refractivity contribution is 0.460. The number of phenols is 1. The first-order valence-corrected chi connectivity index (χ1v) is 17.1. The first-order chi connectivity index (χ1) is 20.0. The molecule has 0 atom stereocenters. The normalized spacial score (nSPS) is 11.8. The smallest absolute Gasteiger partial charge is 0.398 e. The Labute approximate surface area is 240 Å². The minimum Gasteiger partial charge on any atom is -0.507 e. The van der Waals surface area contributed by atoms with Crippen LogP contribution in [0.1, 0.15) is 0 Å². The van der Waals surface area contributed by atoms with Crippen LogP contribution < -0.4 is 3.97 Å². The molecule has 208 valence electrons. The molecule has 5 aromatic carbocycles. The van der Waals surface area contributed by atoms with E-state index in [2.05, 4.69) is 0 Å². The maximum Gasteiger partial charge on any atom is 0.398 e. The molecule has 0 fully saturated rings. The highest BCUT2D eigenvalue weighted by Crippen LogP contribution is 2.56. The van der Waals surface area contributed by atoms with Crippen molar-refractivity contribution in [1.82, 2.24) is 0 Å². The fraction of sp³-hybridized carbons (Fsp3) is 0.0625. The van der Waals surface area contributed by atoms with Crippen LogP contribution >= 0.6 is 27.2 Å². The topological polar surface area (TPSA) is 82.0 Å². The highest BCUT2D eigenvalue weighted by atomic mass is 32.3. The molecule has 0 bridgehead atoms. The average molecular weight is 603 g/mol. The number of benzene rings is 5. The van der Waals surface area contributed by atoms with E-state index in [0.29, 0.717) is 0 Å². The summed E-state index contributed by atoms with van der Waals surface area (Å²) in [6.45, 7) is 0. The molecule has 6 nitrogen and oxygen atoms in total. The Morgan fingerprint density at radius 3 is 1.44 bits per heavy atom. The van der Waals surface area contributed by atoms with Crippen molar-refractivity contribution in [3.8, 4) is 5.75 Å². The van der Waals surface area contributed by atoms with Crippen LogP contribution in [0, 0.1) is 0 Å². The van der Waals surface area contributed by atoms with Crippen LogP contribution in [0.15, 0.2) is 143 Å². The van der Waals surface area contributed by atoms with Gasteiger partial charge in [-0.2, -0.15) is 0 Å². The van der Waals surface area contributed by atoms with Crippen LogP contribution in [0.2, 0.25) is 0 Å². The van der Waals surface area contributed by atoms with E-state index in [1.54, 1.807) is 12.1 Å². The van der Waals surface area contributed by atoms with Gasteiger partial charge in [-0.05, 0) is 48.9 Å². The summed E-state index contributed by atoms with van der Waals surface area (Å²) in [4.78, 5) is 0.764. The van der Waals surface area contributed by atoms with Gasteiger partial charge in [0.1, 0.15) is 28.1 Å². The fourth-order valence-electron chi connectivity index (χ4n) is 4.48. The lowest BCUT2D eigenvalue weighted by Gasteiger charge is -2.29. The van der Waals surface area contributed by atoms with E-state index < -0.39 is 18.5 Å². The Balaban J connectivity index is 0.000000170. The number of para-hydroxylation sites is 5. The first-order valence-electron chi connectivity index (χ1n) is 12.8. The van der Waals surface area contributed by atoms with Crippen molar-refractivity contribution in [3.63, 3.8) is 0 Å². The summed E-state index contributed by atoms with van der Waals surface area (Å²) in [5.74, 6) is 0.220. The molecule has 9 heteroatoms. The first kappa shape index (κ1) is 27.2. The molecule has 0 aliphatic rings. The monoisotopic (exact) mass is 602 g/mol. The molecule has 0 aliphatic heterocycles. The van der Waals surface area contributed by atoms with E-state index in [0.717, 1.165) is 48.8 Å². The molecule has 7 aromatic rings. The van der Waals surface area contributed by atoms with Crippen molar-refractivity contribution in [1.29, 1.82) is 0 Å². The molecule has 2 aromatic heterocycles. The Morgan fingerprint density at radius 2 is 0.951 bits per heavy atom. The highest BCUT2D eigenvalue weighted by molar-refractivity contribution is 8.30. The maximum atomic E-state index is 10.2. The largest absolute Gasteiger partial charge is 0.507 e. The van der Waals surface area contributed by atoms with Crippen molar-refractivity contribution < 1.29 is 25.9 Å². The number of hydrogen-bond acceptors (Lipinski definition) is 6. The Bertz CT molecular complexity index is 1940.